The first-order valence-electron chi connectivity index (χ1n) is 5.08. The molecule has 0 saturated carbocycles. The lowest BCUT2D eigenvalue weighted by Crippen LogP contribution is -2.32. The van der Waals surface area contributed by atoms with Crippen LogP contribution < -0.4 is 5.32 Å². The molecule has 0 spiro atoms. The minimum Gasteiger partial charge on any atom is -0.314 e. The lowest BCUT2D eigenvalue weighted by molar-refractivity contribution is 0.350. The second-order valence-electron chi connectivity index (χ2n) is 3.64. The van der Waals surface area contributed by atoms with Gasteiger partial charge < -0.3 is 10.2 Å². The molecule has 1 atom stereocenters. The summed E-state index contributed by atoms with van der Waals surface area (Å²) < 4.78 is 0. The van der Waals surface area contributed by atoms with Crippen molar-refractivity contribution in [3.8, 4) is 0 Å². The van der Waals surface area contributed by atoms with Crippen LogP contribution in [0.25, 0.3) is 0 Å². The fourth-order valence-electron chi connectivity index (χ4n) is 1.40. The van der Waals surface area contributed by atoms with Crippen LogP contribution in [0.4, 0.5) is 0 Å². The Morgan fingerprint density at radius 3 is 2.25 bits per heavy atom. The van der Waals surface area contributed by atoms with Crippen molar-refractivity contribution in [3.05, 3.63) is 0 Å². The molecule has 0 fully saturated rings. The number of hydrogen-bond acceptors (Lipinski definition) is 2. The first-order valence-corrected chi connectivity index (χ1v) is 5.08. The smallest absolute Gasteiger partial charge is 0.00790 e. The minimum absolute atomic E-state index is 0.724. The topological polar surface area (TPSA) is 15.3 Å². The molecule has 1 unspecified atom stereocenters. The van der Waals surface area contributed by atoms with E-state index in [0.717, 1.165) is 12.6 Å². The van der Waals surface area contributed by atoms with Gasteiger partial charge in [0.05, 0.1) is 0 Å². The molecule has 0 aromatic carbocycles. The maximum absolute atomic E-state index is 3.51. The highest BCUT2D eigenvalue weighted by molar-refractivity contribution is 4.66. The zero-order chi connectivity index (χ0) is 9.40. The standard InChI is InChI=1S/C10H24N2/c1-5-7-10(11-6-2)8-9-12(3)4/h10-11H,5-9H2,1-4H3. The van der Waals surface area contributed by atoms with Crippen LogP contribution in [-0.2, 0) is 0 Å². The average Bonchev–Trinajstić information content (AvgIpc) is 2.01. The number of nitrogens with one attached hydrogen (secondary N) is 1. The van der Waals surface area contributed by atoms with E-state index in [1.165, 1.54) is 25.8 Å². The molecule has 74 valence electrons. The molecule has 0 radical (unpaired) electrons. The Balaban J connectivity index is 3.48. The maximum atomic E-state index is 3.51. The van der Waals surface area contributed by atoms with E-state index in [2.05, 4.69) is 38.2 Å². The summed E-state index contributed by atoms with van der Waals surface area (Å²) in [5.41, 5.74) is 0. The first kappa shape index (κ1) is 11.9. The molecule has 12 heavy (non-hydrogen) atoms. The second-order valence-corrected chi connectivity index (χ2v) is 3.64. The van der Waals surface area contributed by atoms with Gasteiger partial charge in [0.15, 0.2) is 0 Å². The van der Waals surface area contributed by atoms with Crippen LogP contribution in [0, 0.1) is 0 Å². The molecular formula is C10H24N2. The third-order valence-corrected chi connectivity index (χ3v) is 2.05. The summed E-state index contributed by atoms with van der Waals surface area (Å²) in [6, 6.07) is 0.724. The monoisotopic (exact) mass is 172 g/mol. The maximum Gasteiger partial charge on any atom is 0.00790 e. The molecule has 0 aliphatic heterocycles. The molecule has 0 rings (SSSR count). The highest BCUT2D eigenvalue weighted by Crippen LogP contribution is 2.01. The molecule has 0 amide bonds. The van der Waals surface area contributed by atoms with Crippen molar-refractivity contribution in [1.29, 1.82) is 0 Å². The molecule has 0 aliphatic rings. The van der Waals surface area contributed by atoms with E-state index in [-0.39, 0.29) is 0 Å². The van der Waals surface area contributed by atoms with Crippen LogP contribution >= 0.6 is 0 Å². The van der Waals surface area contributed by atoms with Crippen molar-refractivity contribution >= 4 is 0 Å². The lowest BCUT2D eigenvalue weighted by Gasteiger charge is -2.19. The third kappa shape index (κ3) is 6.62. The van der Waals surface area contributed by atoms with E-state index in [9.17, 15) is 0 Å². The molecule has 2 heteroatoms. The van der Waals surface area contributed by atoms with Crippen LogP contribution in [0.15, 0.2) is 0 Å². The van der Waals surface area contributed by atoms with Gasteiger partial charge >= 0.3 is 0 Å². The molecule has 0 aliphatic carbocycles. The first-order chi connectivity index (χ1) is 5.70. The van der Waals surface area contributed by atoms with Gasteiger partial charge in [-0.15, -0.1) is 0 Å². The Bertz CT molecular complexity index is 85.8. The van der Waals surface area contributed by atoms with Gasteiger partial charge in [-0.1, -0.05) is 20.3 Å². The molecule has 0 heterocycles. The van der Waals surface area contributed by atoms with Crippen LogP contribution in [0.5, 0.6) is 0 Å². The van der Waals surface area contributed by atoms with E-state index in [1.54, 1.807) is 0 Å². The summed E-state index contributed by atoms with van der Waals surface area (Å²) in [6.07, 6.45) is 3.86. The number of hydrogen-bond donors (Lipinski definition) is 1. The highest BCUT2D eigenvalue weighted by Gasteiger charge is 2.05. The molecule has 0 saturated heterocycles. The van der Waals surface area contributed by atoms with Gasteiger partial charge in [0.2, 0.25) is 0 Å². The minimum atomic E-state index is 0.724. The van der Waals surface area contributed by atoms with Crippen molar-refractivity contribution in [2.24, 2.45) is 0 Å². The normalized spacial score (nSPS) is 13.8. The summed E-state index contributed by atoms with van der Waals surface area (Å²) in [5, 5.41) is 3.51. The van der Waals surface area contributed by atoms with Crippen molar-refractivity contribution in [3.63, 3.8) is 0 Å². The van der Waals surface area contributed by atoms with Crippen LogP contribution in [0.1, 0.15) is 33.1 Å². The van der Waals surface area contributed by atoms with Gasteiger partial charge in [-0.05, 0) is 40.0 Å². The van der Waals surface area contributed by atoms with Gasteiger partial charge in [0.1, 0.15) is 0 Å². The summed E-state index contributed by atoms with van der Waals surface area (Å²) in [4.78, 5) is 2.25. The van der Waals surface area contributed by atoms with Crippen molar-refractivity contribution in [2.45, 2.75) is 39.2 Å². The summed E-state index contributed by atoms with van der Waals surface area (Å²) in [7, 11) is 4.27. The lowest BCUT2D eigenvalue weighted by atomic mass is 10.1. The van der Waals surface area contributed by atoms with Gasteiger partial charge in [0.25, 0.3) is 0 Å². The average molecular weight is 172 g/mol. The molecular weight excluding hydrogens is 148 g/mol. The molecule has 2 nitrogen and oxygen atoms in total. The van der Waals surface area contributed by atoms with E-state index < -0.39 is 0 Å². The van der Waals surface area contributed by atoms with Crippen LogP contribution in [0.2, 0.25) is 0 Å². The molecule has 0 aromatic rings. The molecule has 0 bridgehead atoms. The van der Waals surface area contributed by atoms with Gasteiger partial charge in [0, 0.05) is 6.04 Å². The van der Waals surface area contributed by atoms with E-state index in [0.29, 0.717) is 0 Å². The molecule has 1 N–H and O–H groups in total. The Hall–Kier alpha value is -0.0800. The summed E-state index contributed by atoms with van der Waals surface area (Å²) >= 11 is 0. The Morgan fingerprint density at radius 2 is 1.83 bits per heavy atom. The van der Waals surface area contributed by atoms with Crippen molar-refractivity contribution < 1.29 is 0 Å². The van der Waals surface area contributed by atoms with E-state index in [4.69, 9.17) is 0 Å². The van der Waals surface area contributed by atoms with Crippen LogP contribution in [0.3, 0.4) is 0 Å². The Kier molecular flexibility index (Phi) is 7.51. The number of nitrogens with zero attached hydrogens (tertiary/aromatic N) is 1. The predicted octanol–water partition coefficient (Wildman–Crippen LogP) is 1.72. The summed E-state index contributed by atoms with van der Waals surface area (Å²) in [6.45, 7) is 6.72. The zero-order valence-corrected chi connectivity index (χ0v) is 9.06. The second kappa shape index (κ2) is 7.56. The quantitative estimate of drug-likeness (QED) is 0.629. The summed E-state index contributed by atoms with van der Waals surface area (Å²) in [5.74, 6) is 0. The van der Waals surface area contributed by atoms with E-state index >= 15 is 0 Å². The Labute approximate surface area is 77.3 Å². The molecule has 0 aromatic heterocycles. The predicted molar refractivity (Wildman–Crippen MR) is 55.5 cm³/mol. The van der Waals surface area contributed by atoms with E-state index in [1.807, 2.05) is 0 Å². The van der Waals surface area contributed by atoms with Crippen molar-refractivity contribution in [1.82, 2.24) is 10.2 Å². The Morgan fingerprint density at radius 1 is 1.17 bits per heavy atom. The highest BCUT2D eigenvalue weighted by atomic mass is 15.1. The van der Waals surface area contributed by atoms with Gasteiger partial charge in [-0.2, -0.15) is 0 Å². The van der Waals surface area contributed by atoms with Crippen LogP contribution in [-0.4, -0.2) is 38.1 Å². The largest absolute Gasteiger partial charge is 0.314 e. The zero-order valence-electron chi connectivity index (χ0n) is 9.06. The third-order valence-electron chi connectivity index (χ3n) is 2.05. The fourth-order valence-corrected chi connectivity index (χ4v) is 1.40. The number of rotatable bonds is 7. The fraction of sp³-hybridized carbons (Fsp3) is 1.00. The van der Waals surface area contributed by atoms with Gasteiger partial charge in [-0.25, -0.2) is 0 Å². The van der Waals surface area contributed by atoms with Gasteiger partial charge in [-0.3, -0.25) is 0 Å². The van der Waals surface area contributed by atoms with Crippen molar-refractivity contribution in [2.75, 3.05) is 27.2 Å². The SMILES string of the molecule is CCCC(CCN(C)C)NCC.